The van der Waals surface area contributed by atoms with Crippen molar-refractivity contribution in [1.29, 1.82) is 0 Å². The second kappa shape index (κ2) is 8.73. The minimum atomic E-state index is 0.0254. The summed E-state index contributed by atoms with van der Waals surface area (Å²) in [6, 6.07) is 9.58. The lowest BCUT2D eigenvalue weighted by Crippen LogP contribution is -2.12. The van der Waals surface area contributed by atoms with Gasteiger partial charge in [-0.15, -0.1) is 0 Å². The van der Waals surface area contributed by atoms with Crippen LogP contribution in [0.3, 0.4) is 0 Å². The smallest absolute Gasteiger partial charge is 0.155 e. The van der Waals surface area contributed by atoms with E-state index in [0.717, 1.165) is 5.75 Å². The quantitative estimate of drug-likeness (QED) is 0.614. The maximum Gasteiger partial charge on any atom is 0.155 e. The molecule has 0 fully saturated rings. The zero-order chi connectivity index (χ0) is 12.3. The summed E-state index contributed by atoms with van der Waals surface area (Å²) in [5, 5.41) is 0. The molecule has 4 nitrogen and oxygen atoms in total. The summed E-state index contributed by atoms with van der Waals surface area (Å²) < 4.78 is 15.8. The maximum atomic E-state index is 10.5. The predicted molar refractivity (Wildman–Crippen MR) is 64.3 cm³/mol. The Morgan fingerprint density at radius 2 is 1.65 bits per heavy atom. The first-order valence-corrected chi connectivity index (χ1v) is 5.62. The Balaban J connectivity index is 1.90. The van der Waals surface area contributed by atoms with E-state index in [1.807, 2.05) is 30.3 Å². The van der Waals surface area contributed by atoms with Crippen molar-refractivity contribution >= 4 is 5.78 Å². The first kappa shape index (κ1) is 13.7. The summed E-state index contributed by atoms with van der Waals surface area (Å²) >= 11 is 0. The van der Waals surface area contributed by atoms with Gasteiger partial charge in [-0.2, -0.15) is 0 Å². The molecule has 0 radical (unpaired) electrons. The third-order valence-electron chi connectivity index (χ3n) is 1.92. The molecule has 1 aromatic carbocycles. The van der Waals surface area contributed by atoms with Crippen molar-refractivity contribution in [2.45, 2.75) is 6.92 Å². The Bertz CT molecular complexity index is 310. The molecule has 1 aromatic rings. The van der Waals surface area contributed by atoms with Gasteiger partial charge >= 0.3 is 0 Å². The molecule has 94 valence electrons. The Kier molecular flexibility index (Phi) is 7.02. The van der Waals surface area contributed by atoms with Crippen molar-refractivity contribution < 1.29 is 19.0 Å². The molecule has 0 aliphatic carbocycles. The average Bonchev–Trinajstić information content (AvgIpc) is 2.33. The number of ether oxygens (including phenoxy) is 3. The number of rotatable bonds is 9. The van der Waals surface area contributed by atoms with Gasteiger partial charge < -0.3 is 14.2 Å². The minimum absolute atomic E-state index is 0.0254. The standard InChI is InChI=1S/C13H18O4/c1-12(14)11-16-8-7-15-9-10-17-13-5-3-2-4-6-13/h2-6H,7-11H2,1H3. The van der Waals surface area contributed by atoms with E-state index in [9.17, 15) is 4.79 Å². The number of para-hydroxylation sites is 1. The SMILES string of the molecule is CC(=O)COCCOCCOc1ccccc1. The van der Waals surface area contributed by atoms with E-state index in [4.69, 9.17) is 14.2 Å². The van der Waals surface area contributed by atoms with Crippen LogP contribution in [0.5, 0.6) is 5.75 Å². The molecule has 0 saturated carbocycles. The zero-order valence-electron chi connectivity index (χ0n) is 10.1. The number of ketones is 1. The summed E-state index contributed by atoms with van der Waals surface area (Å²) in [6.07, 6.45) is 0. The lowest BCUT2D eigenvalue weighted by Gasteiger charge is -2.07. The van der Waals surface area contributed by atoms with Crippen LogP contribution in [0, 0.1) is 0 Å². The molecule has 1 rings (SSSR count). The highest BCUT2D eigenvalue weighted by Gasteiger charge is 1.94. The molecule has 0 heterocycles. The molecule has 0 amide bonds. The number of carbonyl (C=O) groups excluding carboxylic acids is 1. The molecule has 0 unspecified atom stereocenters. The zero-order valence-corrected chi connectivity index (χ0v) is 10.1. The van der Waals surface area contributed by atoms with Gasteiger partial charge in [-0.3, -0.25) is 4.79 Å². The van der Waals surface area contributed by atoms with E-state index < -0.39 is 0 Å². The first-order chi connectivity index (χ1) is 8.29. The lowest BCUT2D eigenvalue weighted by molar-refractivity contribution is -0.122. The summed E-state index contributed by atoms with van der Waals surface area (Å²) in [4.78, 5) is 10.5. The van der Waals surface area contributed by atoms with Crippen LogP contribution >= 0.6 is 0 Å². The van der Waals surface area contributed by atoms with Crippen molar-refractivity contribution in [3.63, 3.8) is 0 Å². The Labute approximate surface area is 101 Å². The van der Waals surface area contributed by atoms with Gasteiger partial charge in [-0.25, -0.2) is 0 Å². The molecule has 0 bridgehead atoms. The molecule has 0 spiro atoms. The van der Waals surface area contributed by atoms with Crippen LogP contribution in [0.15, 0.2) is 30.3 Å². The maximum absolute atomic E-state index is 10.5. The fraction of sp³-hybridized carbons (Fsp3) is 0.462. The van der Waals surface area contributed by atoms with Crippen LogP contribution in [0.1, 0.15) is 6.92 Å². The van der Waals surface area contributed by atoms with E-state index in [2.05, 4.69) is 0 Å². The Morgan fingerprint density at radius 1 is 1.00 bits per heavy atom. The second-order valence-electron chi connectivity index (χ2n) is 3.53. The summed E-state index contributed by atoms with van der Waals surface area (Å²) in [6.45, 7) is 3.59. The van der Waals surface area contributed by atoms with Gasteiger partial charge in [0.25, 0.3) is 0 Å². The van der Waals surface area contributed by atoms with Crippen LogP contribution in [-0.2, 0) is 14.3 Å². The topological polar surface area (TPSA) is 44.8 Å². The second-order valence-corrected chi connectivity index (χ2v) is 3.53. The van der Waals surface area contributed by atoms with Gasteiger partial charge in [0.1, 0.15) is 19.0 Å². The van der Waals surface area contributed by atoms with Crippen molar-refractivity contribution in [2.24, 2.45) is 0 Å². The Morgan fingerprint density at radius 3 is 2.35 bits per heavy atom. The Hall–Kier alpha value is -1.39. The molecule has 0 aromatic heterocycles. The number of carbonyl (C=O) groups is 1. The largest absolute Gasteiger partial charge is 0.491 e. The molecule has 0 saturated heterocycles. The molecule has 0 atom stereocenters. The molecule has 17 heavy (non-hydrogen) atoms. The van der Waals surface area contributed by atoms with Crippen LogP contribution in [-0.4, -0.2) is 38.8 Å². The summed E-state index contributed by atoms with van der Waals surface area (Å²) in [5.41, 5.74) is 0. The van der Waals surface area contributed by atoms with Crippen LogP contribution in [0.4, 0.5) is 0 Å². The van der Waals surface area contributed by atoms with Gasteiger partial charge in [-0.1, -0.05) is 18.2 Å². The number of hydrogen-bond donors (Lipinski definition) is 0. The van der Waals surface area contributed by atoms with E-state index in [0.29, 0.717) is 26.4 Å². The van der Waals surface area contributed by atoms with Gasteiger partial charge in [0.15, 0.2) is 5.78 Å². The van der Waals surface area contributed by atoms with Gasteiger partial charge in [0, 0.05) is 0 Å². The highest BCUT2D eigenvalue weighted by atomic mass is 16.5. The number of hydrogen-bond acceptors (Lipinski definition) is 4. The van der Waals surface area contributed by atoms with Crippen molar-refractivity contribution in [3.05, 3.63) is 30.3 Å². The van der Waals surface area contributed by atoms with E-state index in [-0.39, 0.29) is 12.4 Å². The van der Waals surface area contributed by atoms with Crippen molar-refractivity contribution in [1.82, 2.24) is 0 Å². The summed E-state index contributed by atoms with van der Waals surface area (Å²) in [5.74, 6) is 0.862. The normalized spacial score (nSPS) is 10.2. The van der Waals surface area contributed by atoms with Gasteiger partial charge in [0.05, 0.1) is 19.8 Å². The van der Waals surface area contributed by atoms with Crippen LogP contribution in [0.2, 0.25) is 0 Å². The van der Waals surface area contributed by atoms with E-state index in [1.54, 1.807) is 0 Å². The molecule has 4 heteroatoms. The molecular formula is C13H18O4. The molecule has 0 aliphatic rings. The highest BCUT2D eigenvalue weighted by molar-refractivity contribution is 5.76. The monoisotopic (exact) mass is 238 g/mol. The fourth-order valence-corrected chi connectivity index (χ4v) is 1.17. The minimum Gasteiger partial charge on any atom is -0.491 e. The molecule has 0 N–H and O–H groups in total. The summed E-state index contributed by atoms with van der Waals surface area (Å²) in [7, 11) is 0. The third-order valence-corrected chi connectivity index (χ3v) is 1.92. The van der Waals surface area contributed by atoms with Crippen LogP contribution < -0.4 is 4.74 Å². The fourth-order valence-electron chi connectivity index (χ4n) is 1.17. The third kappa shape index (κ3) is 7.49. The number of benzene rings is 1. The van der Waals surface area contributed by atoms with E-state index in [1.165, 1.54) is 6.92 Å². The lowest BCUT2D eigenvalue weighted by atomic mass is 10.3. The number of Topliss-reactive ketones (excluding diaryl/α,β-unsaturated/α-hetero) is 1. The molecular weight excluding hydrogens is 220 g/mol. The predicted octanol–water partition coefficient (Wildman–Crippen LogP) is 1.69. The van der Waals surface area contributed by atoms with Crippen molar-refractivity contribution in [2.75, 3.05) is 33.0 Å². The van der Waals surface area contributed by atoms with Crippen LogP contribution in [0.25, 0.3) is 0 Å². The highest BCUT2D eigenvalue weighted by Crippen LogP contribution is 2.07. The van der Waals surface area contributed by atoms with Crippen molar-refractivity contribution in [3.8, 4) is 5.75 Å². The van der Waals surface area contributed by atoms with E-state index >= 15 is 0 Å². The molecule has 0 aliphatic heterocycles. The van der Waals surface area contributed by atoms with Gasteiger partial charge in [-0.05, 0) is 19.1 Å². The average molecular weight is 238 g/mol. The first-order valence-electron chi connectivity index (χ1n) is 5.62. The van der Waals surface area contributed by atoms with Gasteiger partial charge in [0.2, 0.25) is 0 Å².